The molecule has 3 amide bonds. The molecule has 0 unspecified atom stereocenters. The van der Waals surface area contributed by atoms with Crippen LogP contribution in [0.3, 0.4) is 0 Å². The van der Waals surface area contributed by atoms with Crippen molar-refractivity contribution in [2.24, 2.45) is 7.05 Å². The predicted molar refractivity (Wildman–Crippen MR) is 90.6 cm³/mol. The van der Waals surface area contributed by atoms with E-state index >= 15 is 0 Å². The Balaban J connectivity index is 1.86. The molecule has 2 aromatic heterocycles. The Morgan fingerprint density at radius 1 is 1.32 bits per heavy atom. The number of ether oxygens (including phenoxy) is 1. The molecule has 0 aliphatic heterocycles. The standard InChI is InChI=1S/C14H18N6O4S/c1-15-10(21)4-8-7-25-14(17-8)18-11(22)5-16-12(23)9-6-20(2)19-13(9)24-3/h6-7H,4-5H2,1-3H3,(H,15,21)(H,16,23)(H,17,18,22). The van der Waals surface area contributed by atoms with Crippen LogP contribution in [-0.4, -0.2) is 53.2 Å². The van der Waals surface area contributed by atoms with Gasteiger partial charge in [-0.25, -0.2) is 4.98 Å². The van der Waals surface area contributed by atoms with Crippen LogP contribution in [0, 0.1) is 0 Å². The van der Waals surface area contributed by atoms with Gasteiger partial charge in [0.05, 0.1) is 25.8 Å². The molecule has 0 bridgehead atoms. The number of aromatic nitrogens is 3. The number of carbonyl (C=O) groups excluding carboxylic acids is 3. The summed E-state index contributed by atoms with van der Waals surface area (Å²) < 4.78 is 6.44. The van der Waals surface area contributed by atoms with Crippen LogP contribution < -0.4 is 20.7 Å². The zero-order valence-electron chi connectivity index (χ0n) is 14.0. The van der Waals surface area contributed by atoms with Gasteiger partial charge in [-0.05, 0) is 0 Å². The molecule has 2 heterocycles. The minimum atomic E-state index is -0.473. The highest BCUT2D eigenvalue weighted by Crippen LogP contribution is 2.16. The fourth-order valence-electron chi connectivity index (χ4n) is 1.89. The Morgan fingerprint density at radius 3 is 2.76 bits per heavy atom. The highest BCUT2D eigenvalue weighted by Gasteiger charge is 2.17. The summed E-state index contributed by atoms with van der Waals surface area (Å²) in [5.41, 5.74) is 0.795. The van der Waals surface area contributed by atoms with Gasteiger partial charge in [0.2, 0.25) is 17.7 Å². The molecule has 0 atom stereocenters. The third kappa shape index (κ3) is 5.01. The lowest BCUT2D eigenvalue weighted by atomic mass is 10.3. The van der Waals surface area contributed by atoms with E-state index in [4.69, 9.17) is 4.74 Å². The maximum absolute atomic E-state index is 12.1. The first kappa shape index (κ1) is 18.4. The number of hydrogen-bond acceptors (Lipinski definition) is 7. The molecule has 2 aromatic rings. The van der Waals surface area contributed by atoms with Gasteiger partial charge in [-0.2, -0.15) is 0 Å². The van der Waals surface area contributed by atoms with E-state index in [9.17, 15) is 14.4 Å². The summed E-state index contributed by atoms with van der Waals surface area (Å²) in [7, 11) is 4.60. The number of aryl methyl sites for hydroxylation is 1. The van der Waals surface area contributed by atoms with Gasteiger partial charge in [-0.15, -0.1) is 16.4 Å². The lowest BCUT2D eigenvalue weighted by molar-refractivity contribution is -0.120. The normalized spacial score (nSPS) is 10.2. The molecule has 10 nitrogen and oxygen atoms in total. The van der Waals surface area contributed by atoms with Gasteiger partial charge in [0.1, 0.15) is 5.56 Å². The summed E-state index contributed by atoms with van der Waals surface area (Å²) in [4.78, 5) is 39.4. The van der Waals surface area contributed by atoms with Crippen molar-refractivity contribution in [2.45, 2.75) is 6.42 Å². The summed E-state index contributed by atoms with van der Waals surface area (Å²) >= 11 is 1.20. The SMILES string of the molecule is CNC(=O)Cc1csc(NC(=O)CNC(=O)c2cn(C)nc2OC)n1. The fraction of sp³-hybridized carbons (Fsp3) is 0.357. The van der Waals surface area contributed by atoms with E-state index in [0.717, 1.165) is 0 Å². The molecule has 0 aromatic carbocycles. The predicted octanol–water partition coefficient (Wildman–Crippen LogP) is -0.458. The van der Waals surface area contributed by atoms with Crippen molar-refractivity contribution < 1.29 is 19.1 Å². The van der Waals surface area contributed by atoms with E-state index in [1.807, 2.05) is 0 Å². The topological polar surface area (TPSA) is 127 Å². The number of likely N-dealkylation sites (N-methyl/N-ethyl adjacent to an activating group) is 1. The Kier molecular flexibility index (Phi) is 6.06. The van der Waals surface area contributed by atoms with E-state index in [-0.39, 0.29) is 30.3 Å². The average molecular weight is 366 g/mol. The largest absolute Gasteiger partial charge is 0.479 e. The van der Waals surface area contributed by atoms with Gasteiger partial charge in [0.15, 0.2) is 5.13 Å². The molecule has 3 N–H and O–H groups in total. The second-order valence-corrected chi connectivity index (χ2v) is 5.81. The van der Waals surface area contributed by atoms with Crippen molar-refractivity contribution in [3.63, 3.8) is 0 Å². The molecule has 0 aliphatic rings. The first-order valence-electron chi connectivity index (χ1n) is 7.23. The summed E-state index contributed by atoms with van der Waals surface area (Å²) in [5.74, 6) is -0.892. The number of methoxy groups -OCH3 is 1. The van der Waals surface area contributed by atoms with Crippen LogP contribution >= 0.6 is 11.3 Å². The number of nitrogens with zero attached hydrogens (tertiary/aromatic N) is 3. The van der Waals surface area contributed by atoms with E-state index in [1.165, 1.54) is 36.4 Å². The maximum Gasteiger partial charge on any atom is 0.258 e. The monoisotopic (exact) mass is 366 g/mol. The van der Waals surface area contributed by atoms with Crippen molar-refractivity contribution >= 4 is 34.2 Å². The van der Waals surface area contributed by atoms with Crippen molar-refractivity contribution in [2.75, 3.05) is 26.0 Å². The zero-order valence-corrected chi connectivity index (χ0v) is 14.8. The van der Waals surface area contributed by atoms with Crippen molar-refractivity contribution in [3.8, 4) is 5.88 Å². The second kappa shape index (κ2) is 8.24. The van der Waals surface area contributed by atoms with Crippen LogP contribution in [0.4, 0.5) is 5.13 Å². The molecule has 0 saturated heterocycles. The Hall–Kier alpha value is -2.95. The van der Waals surface area contributed by atoms with Gasteiger partial charge in [0.25, 0.3) is 5.91 Å². The smallest absolute Gasteiger partial charge is 0.258 e. The molecule has 11 heteroatoms. The highest BCUT2D eigenvalue weighted by atomic mass is 32.1. The van der Waals surface area contributed by atoms with Crippen molar-refractivity contribution in [3.05, 3.63) is 22.8 Å². The van der Waals surface area contributed by atoms with E-state index in [0.29, 0.717) is 10.8 Å². The summed E-state index contributed by atoms with van der Waals surface area (Å²) in [6.45, 7) is -0.235. The quantitative estimate of drug-likeness (QED) is 0.609. The van der Waals surface area contributed by atoms with Gasteiger partial charge in [-0.1, -0.05) is 0 Å². The summed E-state index contributed by atoms with van der Waals surface area (Å²) in [5, 5.41) is 13.6. The zero-order chi connectivity index (χ0) is 18.4. The number of amides is 3. The number of anilines is 1. The van der Waals surface area contributed by atoms with E-state index in [2.05, 4.69) is 26.0 Å². The average Bonchev–Trinajstić information content (AvgIpc) is 3.18. The van der Waals surface area contributed by atoms with Gasteiger partial charge >= 0.3 is 0 Å². The van der Waals surface area contributed by atoms with Gasteiger partial charge in [-0.3, -0.25) is 19.1 Å². The van der Waals surface area contributed by atoms with Crippen molar-refractivity contribution in [1.82, 2.24) is 25.4 Å². The summed E-state index contributed by atoms with van der Waals surface area (Å²) in [6.07, 6.45) is 1.64. The van der Waals surface area contributed by atoms with Crippen LogP contribution in [0.15, 0.2) is 11.6 Å². The molecular formula is C14H18N6O4S. The Bertz CT molecular complexity index is 784. The van der Waals surface area contributed by atoms with Crippen molar-refractivity contribution in [1.29, 1.82) is 0 Å². The minimum Gasteiger partial charge on any atom is -0.479 e. The Labute approximate surface area is 147 Å². The molecule has 134 valence electrons. The number of thiazole rings is 1. The number of hydrogen-bond donors (Lipinski definition) is 3. The van der Waals surface area contributed by atoms with Crippen LogP contribution in [0.5, 0.6) is 5.88 Å². The van der Waals surface area contributed by atoms with Gasteiger partial charge in [0, 0.05) is 25.7 Å². The van der Waals surface area contributed by atoms with Crippen LogP contribution in [-0.2, 0) is 23.1 Å². The van der Waals surface area contributed by atoms with Crippen LogP contribution in [0.1, 0.15) is 16.1 Å². The number of carbonyl (C=O) groups is 3. The van der Waals surface area contributed by atoms with Gasteiger partial charge < -0.3 is 20.7 Å². The number of rotatable bonds is 7. The third-order valence-corrected chi connectivity index (χ3v) is 3.87. The second-order valence-electron chi connectivity index (χ2n) is 4.95. The minimum absolute atomic E-state index is 0.139. The third-order valence-electron chi connectivity index (χ3n) is 3.06. The molecule has 0 fully saturated rings. The summed E-state index contributed by atoms with van der Waals surface area (Å²) in [6, 6.07) is 0. The highest BCUT2D eigenvalue weighted by molar-refractivity contribution is 7.13. The molecular weight excluding hydrogens is 348 g/mol. The molecule has 0 saturated carbocycles. The van der Waals surface area contributed by atoms with E-state index < -0.39 is 11.8 Å². The van der Waals surface area contributed by atoms with Crippen LogP contribution in [0.2, 0.25) is 0 Å². The lowest BCUT2D eigenvalue weighted by Gasteiger charge is -2.04. The van der Waals surface area contributed by atoms with Crippen LogP contribution in [0.25, 0.3) is 0 Å². The molecule has 25 heavy (non-hydrogen) atoms. The molecule has 0 spiro atoms. The maximum atomic E-state index is 12.1. The molecule has 0 aliphatic carbocycles. The fourth-order valence-corrected chi connectivity index (χ4v) is 2.62. The lowest BCUT2D eigenvalue weighted by Crippen LogP contribution is -2.32. The number of nitrogens with one attached hydrogen (secondary N) is 3. The molecule has 0 radical (unpaired) electrons. The molecule has 2 rings (SSSR count). The first-order valence-corrected chi connectivity index (χ1v) is 8.11. The first-order chi connectivity index (χ1) is 11.9. The van der Waals surface area contributed by atoms with E-state index in [1.54, 1.807) is 12.4 Å². The Morgan fingerprint density at radius 2 is 2.08 bits per heavy atom.